The van der Waals surface area contributed by atoms with E-state index < -0.39 is 5.97 Å². The predicted octanol–water partition coefficient (Wildman–Crippen LogP) is 3.71. The van der Waals surface area contributed by atoms with Crippen molar-refractivity contribution >= 4 is 12.1 Å². The molecule has 0 aromatic heterocycles. The molecule has 12 nitrogen and oxygen atoms in total. The Labute approximate surface area is 277 Å². The van der Waals surface area contributed by atoms with Gasteiger partial charge in [0.2, 0.25) is 0 Å². The minimum absolute atomic E-state index is 0.0372. The predicted molar refractivity (Wildman–Crippen MR) is 175 cm³/mol. The molecule has 0 atom stereocenters. The van der Waals surface area contributed by atoms with E-state index in [9.17, 15) is 9.59 Å². The van der Waals surface area contributed by atoms with Gasteiger partial charge in [-0.3, -0.25) is 0 Å². The molecule has 0 saturated heterocycles. The van der Waals surface area contributed by atoms with Crippen molar-refractivity contribution in [2.75, 3.05) is 119 Å². The van der Waals surface area contributed by atoms with E-state index in [1.807, 2.05) is 24.3 Å². The van der Waals surface area contributed by atoms with Crippen LogP contribution in [0.15, 0.2) is 61.2 Å². The van der Waals surface area contributed by atoms with Crippen molar-refractivity contribution in [1.82, 2.24) is 4.90 Å². The highest BCUT2D eigenvalue weighted by Crippen LogP contribution is 2.44. The summed E-state index contributed by atoms with van der Waals surface area (Å²) in [6.07, 6.45) is 0.744. The van der Waals surface area contributed by atoms with Crippen LogP contribution in [0.25, 0.3) is 11.1 Å². The molecule has 0 spiro atoms. The number of carbonyl (C=O) groups is 2. The summed E-state index contributed by atoms with van der Waals surface area (Å²) >= 11 is 0. The zero-order valence-electron chi connectivity index (χ0n) is 27.4. The number of carbonyl (C=O) groups excluding carboxylic acids is 2. The van der Waals surface area contributed by atoms with Gasteiger partial charge in [-0.1, -0.05) is 55.1 Å². The van der Waals surface area contributed by atoms with E-state index in [4.69, 9.17) is 42.6 Å². The van der Waals surface area contributed by atoms with Crippen LogP contribution in [0.3, 0.4) is 0 Å². The fraction of sp³-hybridized carbons (Fsp3) is 0.543. The number of rotatable bonds is 27. The smallest absolute Gasteiger partial charge is 0.409 e. The maximum Gasteiger partial charge on any atom is 0.409 e. The second-order valence-corrected chi connectivity index (χ2v) is 10.4. The lowest BCUT2D eigenvalue weighted by molar-refractivity contribution is -0.139. The second kappa shape index (κ2) is 23.9. The summed E-state index contributed by atoms with van der Waals surface area (Å²) in [7, 11) is 1.71. The van der Waals surface area contributed by atoms with Crippen molar-refractivity contribution in [3.63, 3.8) is 0 Å². The van der Waals surface area contributed by atoms with Gasteiger partial charge in [0, 0.05) is 25.6 Å². The van der Waals surface area contributed by atoms with E-state index in [1.54, 1.807) is 7.05 Å². The van der Waals surface area contributed by atoms with Crippen LogP contribution >= 0.6 is 0 Å². The summed E-state index contributed by atoms with van der Waals surface area (Å²) in [5.41, 5.74) is 4.79. The summed E-state index contributed by atoms with van der Waals surface area (Å²) < 4.78 is 48.6. The van der Waals surface area contributed by atoms with Gasteiger partial charge < -0.3 is 47.5 Å². The Balaban J connectivity index is 1.04. The molecule has 2 aromatic rings. The molecule has 0 fully saturated rings. The SMILES string of the molecule is C=CC(=O)OCCOCCOCCOCCOCCOCCOCCOCCN(C)C(=O)OCC1c2ccccc2-c2ccccc21. The van der Waals surface area contributed by atoms with Crippen molar-refractivity contribution in [1.29, 1.82) is 0 Å². The first-order chi connectivity index (χ1) is 23.1. The molecular weight excluding hydrogens is 610 g/mol. The zero-order valence-corrected chi connectivity index (χ0v) is 27.4. The van der Waals surface area contributed by atoms with Gasteiger partial charge in [0.05, 0.1) is 92.5 Å². The molecule has 12 heteroatoms. The number of hydrogen-bond donors (Lipinski definition) is 0. The van der Waals surface area contributed by atoms with Gasteiger partial charge in [0.25, 0.3) is 0 Å². The first kappa shape index (κ1) is 38.1. The van der Waals surface area contributed by atoms with E-state index >= 15 is 0 Å². The highest BCUT2D eigenvalue weighted by Gasteiger charge is 2.29. The fourth-order valence-electron chi connectivity index (χ4n) is 4.68. The Hall–Kier alpha value is -3.36. The van der Waals surface area contributed by atoms with Crippen molar-refractivity contribution in [3.8, 4) is 11.1 Å². The van der Waals surface area contributed by atoms with Crippen LogP contribution in [-0.4, -0.2) is 136 Å². The molecule has 0 unspecified atom stereocenters. The second-order valence-electron chi connectivity index (χ2n) is 10.4. The van der Waals surface area contributed by atoms with Crippen LogP contribution in [0.4, 0.5) is 4.79 Å². The Morgan fingerprint density at radius 3 is 1.40 bits per heavy atom. The van der Waals surface area contributed by atoms with Crippen molar-refractivity contribution in [2.24, 2.45) is 0 Å². The molecule has 0 N–H and O–H groups in total. The topological polar surface area (TPSA) is 120 Å². The lowest BCUT2D eigenvalue weighted by atomic mass is 9.98. The van der Waals surface area contributed by atoms with Crippen LogP contribution in [0, 0.1) is 0 Å². The van der Waals surface area contributed by atoms with Gasteiger partial charge in [-0.2, -0.15) is 0 Å². The Kier molecular flexibility index (Phi) is 19.4. The molecular formula is C35H49NO11. The van der Waals surface area contributed by atoms with E-state index in [1.165, 1.54) is 27.2 Å². The molecule has 0 aliphatic heterocycles. The van der Waals surface area contributed by atoms with E-state index in [2.05, 4.69) is 30.8 Å². The summed E-state index contributed by atoms with van der Waals surface area (Å²) in [6.45, 7) is 10.4. The lowest BCUT2D eigenvalue weighted by Crippen LogP contribution is -2.32. The van der Waals surface area contributed by atoms with Gasteiger partial charge in [-0.15, -0.1) is 0 Å². The van der Waals surface area contributed by atoms with Crippen molar-refractivity contribution < 1.29 is 52.2 Å². The van der Waals surface area contributed by atoms with E-state index in [0.29, 0.717) is 106 Å². The summed E-state index contributed by atoms with van der Waals surface area (Å²) in [5, 5.41) is 0. The number of likely N-dealkylation sites (N-methyl/N-ethyl adjacent to an activating group) is 1. The largest absolute Gasteiger partial charge is 0.460 e. The first-order valence-electron chi connectivity index (χ1n) is 16.0. The molecule has 1 aliphatic carbocycles. The van der Waals surface area contributed by atoms with Crippen molar-refractivity contribution in [2.45, 2.75) is 5.92 Å². The number of hydrogen-bond acceptors (Lipinski definition) is 11. The Bertz CT molecular complexity index is 1130. The maximum atomic E-state index is 12.6. The van der Waals surface area contributed by atoms with E-state index in [0.717, 1.165) is 6.08 Å². The quantitative estimate of drug-likeness (QED) is 0.0793. The van der Waals surface area contributed by atoms with Crippen LogP contribution in [0.1, 0.15) is 17.0 Å². The monoisotopic (exact) mass is 659 g/mol. The number of esters is 1. The maximum absolute atomic E-state index is 12.6. The third-order valence-corrected chi connectivity index (χ3v) is 7.09. The third kappa shape index (κ3) is 14.9. The molecule has 0 radical (unpaired) electrons. The molecule has 0 bridgehead atoms. The summed E-state index contributed by atoms with van der Waals surface area (Å²) in [4.78, 5) is 25.0. The van der Waals surface area contributed by atoms with Crippen LogP contribution in [-0.2, 0) is 47.4 Å². The minimum Gasteiger partial charge on any atom is -0.460 e. The zero-order chi connectivity index (χ0) is 33.4. The van der Waals surface area contributed by atoms with E-state index in [-0.39, 0.29) is 18.6 Å². The minimum atomic E-state index is -0.463. The van der Waals surface area contributed by atoms with Crippen LogP contribution in [0.5, 0.6) is 0 Å². The van der Waals surface area contributed by atoms with Gasteiger partial charge >= 0.3 is 12.1 Å². The molecule has 1 amide bonds. The number of benzene rings is 2. The van der Waals surface area contributed by atoms with Crippen LogP contribution < -0.4 is 0 Å². The number of ether oxygens (including phenoxy) is 9. The molecule has 260 valence electrons. The fourth-order valence-corrected chi connectivity index (χ4v) is 4.68. The molecule has 1 aliphatic rings. The molecule has 3 rings (SSSR count). The normalized spacial score (nSPS) is 12.0. The van der Waals surface area contributed by atoms with Crippen LogP contribution in [0.2, 0.25) is 0 Å². The Morgan fingerprint density at radius 1 is 0.596 bits per heavy atom. The number of nitrogens with zero attached hydrogens (tertiary/aromatic N) is 1. The lowest BCUT2D eigenvalue weighted by Gasteiger charge is -2.19. The van der Waals surface area contributed by atoms with Gasteiger partial charge in [0.15, 0.2) is 0 Å². The summed E-state index contributed by atoms with van der Waals surface area (Å²) in [6, 6.07) is 16.6. The standard InChI is InChI=1S/C35H49NO11/c1-3-34(37)46-27-26-45-25-24-44-23-22-43-21-20-42-19-18-41-17-16-40-15-14-39-13-12-36(2)35(38)47-28-33-31-10-6-4-8-29(31)30-9-5-7-11-32(30)33/h3-11,33H,1,12-28H2,2H3. The van der Waals surface area contributed by atoms with Crippen molar-refractivity contribution in [3.05, 3.63) is 72.3 Å². The van der Waals surface area contributed by atoms with Gasteiger partial charge in [-0.05, 0) is 22.3 Å². The van der Waals surface area contributed by atoms with Gasteiger partial charge in [-0.25, -0.2) is 9.59 Å². The average Bonchev–Trinajstić information content (AvgIpc) is 3.42. The average molecular weight is 660 g/mol. The van der Waals surface area contributed by atoms with Gasteiger partial charge in [0.1, 0.15) is 13.2 Å². The highest BCUT2D eigenvalue weighted by atomic mass is 16.6. The first-order valence-corrected chi connectivity index (χ1v) is 16.0. The third-order valence-electron chi connectivity index (χ3n) is 7.09. The summed E-state index contributed by atoms with van der Waals surface area (Å²) in [5.74, 6) is -0.426. The molecule has 0 saturated carbocycles. The molecule has 47 heavy (non-hydrogen) atoms. The number of amides is 1. The molecule has 2 aromatic carbocycles. The molecule has 0 heterocycles. The highest BCUT2D eigenvalue weighted by molar-refractivity contribution is 5.81. The number of fused-ring (bicyclic) bond motifs is 3. The Morgan fingerprint density at radius 2 is 0.979 bits per heavy atom.